The van der Waals surface area contributed by atoms with Crippen molar-refractivity contribution in [3.8, 4) is 5.75 Å². The van der Waals surface area contributed by atoms with E-state index in [2.05, 4.69) is 18.8 Å². The fourth-order valence-electron chi connectivity index (χ4n) is 2.54. The number of methoxy groups -OCH3 is 1. The van der Waals surface area contributed by atoms with Gasteiger partial charge in [-0.2, -0.15) is 0 Å². The Morgan fingerprint density at radius 1 is 1.18 bits per heavy atom. The summed E-state index contributed by atoms with van der Waals surface area (Å²) in [6, 6.07) is 9.50. The van der Waals surface area contributed by atoms with Crippen LogP contribution in [-0.4, -0.2) is 12.1 Å². The molecule has 1 heterocycles. The van der Waals surface area contributed by atoms with E-state index in [0.29, 0.717) is 12.0 Å². The maximum absolute atomic E-state index is 14.3. The maximum Gasteiger partial charge on any atom is 0.129 e. The fourth-order valence-corrected chi connectivity index (χ4v) is 2.54. The molecule has 0 aliphatic heterocycles. The summed E-state index contributed by atoms with van der Waals surface area (Å²) in [5.41, 5.74) is 2.43. The minimum absolute atomic E-state index is 0.166. The van der Waals surface area contributed by atoms with Crippen molar-refractivity contribution in [3.05, 3.63) is 59.2 Å². The molecule has 1 aromatic heterocycles. The van der Waals surface area contributed by atoms with Crippen molar-refractivity contribution in [2.75, 3.05) is 7.11 Å². The molecule has 1 aromatic carbocycles. The summed E-state index contributed by atoms with van der Waals surface area (Å²) < 4.78 is 19.5. The number of ether oxygens (including phenoxy) is 1. The van der Waals surface area contributed by atoms with Gasteiger partial charge < -0.3 is 4.74 Å². The second kappa shape index (κ2) is 6.47. The number of hydrogen-bond donors (Lipinski definition) is 0. The van der Waals surface area contributed by atoms with Gasteiger partial charge >= 0.3 is 0 Å². The lowest BCUT2D eigenvalue weighted by Gasteiger charge is -2.26. The first kappa shape index (κ1) is 16.5. The number of pyridine rings is 1. The quantitative estimate of drug-likeness (QED) is 0.785. The summed E-state index contributed by atoms with van der Waals surface area (Å²) in [5.74, 6) is 0.895. The van der Waals surface area contributed by atoms with E-state index < -0.39 is 0 Å². The largest absolute Gasteiger partial charge is 0.497 e. The lowest BCUT2D eigenvalue weighted by molar-refractivity contribution is 0.413. The van der Waals surface area contributed by atoms with Crippen molar-refractivity contribution < 1.29 is 9.13 Å². The van der Waals surface area contributed by atoms with E-state index in [1.807, 2.05) is 38.1 Å². The second-order valence-electron chi connectivity index (χ2n) is 6.64. The lowest BCUT2D eigenvalue weighted by atomic mass is 9.79. The van der Waals surface area contributed by atoms with Crippen LogP contribution in [0.2, 0.25) is 0 Å². The molecule has 0 bridgehead atoms. The van der Waals surface area contributed by atoms with Crippen molar-refractivity contribution in [2.24, 2.45) is 0 Å². The zero-order chi connectivity index (χ0) is 16.3. The lowest BCUT2D eigenvalue weighted by Crippen LogP contribution is -2.21. The van der Waals surface area contributed by atoms with Crippen LogP contribution in [0.1, 0.15) is 50.4 Å². The SMILES string of the molecule is COc1ccc(C(C)(C)Cc2cnc(C(C)C)cc2F)cc1. The first-order chi connectivity index (χ1) is 10.3. The second-order valence-corrected chi connectivity index (χ2v) is 6.64. The Morgan fingerprint density at radius 3 is 2.32 bits per heavy atom. The van der Waals surface area contributed by atoms with E-state index in [9.17, 15) is 4.39 Å². The maximum atomic E-state index is 14.3. The summed E-state index contributed by atoms with van der Waals surface area (Å²) in [4.78, 5) is 4.38. The zero-order valence-corrected chi connectivity index (χ0v) is 14.0. The predicted octanol–water partition coefficient (Wildman–Crippen LogP) is 4.87. The van der Waals surface area contributed by atoms with Gasteiger partial charge in [-0.25, -0.2) is 4.39 Å². The topological polar surface area (TPSA) is 22.1 Å². The summed E-state index contributed by atoms with van der Waals surface area (Å²) in [6.45, 7) is 8.26. The summed E-state index contributed by atoms with van der Waals surface area (Å²) in [5, 5.41) is 0. The highest BCUT2D eigenvalue weighted by Crippen LogP contribution is 2.30. The van der Waals surface area contributed by atoms with Crippen molar-refractivity contribution in [1.29, 1.82) is 0 Å². The number of nitrogens with zero attached hydrogens (tertiary/aromatic N) is 1. The van der Waals surface area contributed by atoms with Crippen LogP contribution >= 0.6 is 0 Å². The van der Waals surface area contributed by atoms with Crippen LogP contribution in [0.5, 0.6) is 5.75 Å². The zero-order valence-electron chi connectivity index (χ0n) is 14.0. The van der Waals surface area contributed by atoms with Gasteiger partial charge in [0.2, 0.25) is 0 Å². The Kier molecular flexibility index (Phi) is 4.84. The Labute approximate surface area is 132 Å². The minimum Gasteiger partial charge on any atom is -0.497 e. The van der Waals surface area contributed by atoms with Gasteiger partial charge in [0.1, 0.15) is 11.6 Å². The molecule has 0 amide bonds. The standard InChI is InChI=1S/C19H24FNO/c1-13(2)18-10-17(20)14(12-21-18)11-19(3,4)15-6-8-16(22-5)9-7-15/h6-10,12-13H,11H2,1-5H3. The van der Waals surface area contributed by atoms with Crippen LogP contribution in [0.25, 0.3) is 0 Å². The van der Waals surface area contributed by atoms with Crippen LogP contribution in [0.4, 0.5) is 4.39 Å². The molecule has 2 aromatic rings. The number of benzene rings is 1. The number of rotatable bonds is 5. The Hall–Kier alpha value is -1.90. The molecule has 0 unspecified atom stereocenters. The highest BCUT2D eigenvalue weighted by molar-refractivity contribution is 5.33. The van der Waals surface area contributed by atoms with Crippen LogP contribution in [0, 0.1) is 5.82 Å². The van der Waals surface area contributed by atoms with E-state index in [-0.39, 0.29) is 17.2 Å². The van der Waals surface area contributed by atoms with Gasteiger partial charge in [-0.1, -0.05) is 39.8 Å². The third-order valence-corrected chi connectivity index (χ3v) is 4.05. The first-order valence-electron chi connectivity index (χ1n) is 7.62. The van der Waals surface area contributed by atoms with Crippen molar-refractivity contribution >= 4 is 0 Å². The molecule has 2 rings (SSSR count). The van der Waals surface area contributed by atoms with Gasteiger partial charge in [-0.3, -0.25) is 4.98 Å². The van der Waals surface area contributed by atoms with Crippen molar-refractivity contribution in [2.45, 2.75) is 45.4 Å². The van der Waals surface area contributed by atoms with Crippen molar-refractivity contribution in [3.63, 3.8) is 0 Å². The molecule has 118 valence electrons. The average molecular weight is 301 g/mol. The number of halogens is 1. The Balaban J connectivity index is 2.23. The molecule has 0 aliphatic carbocycles. The molecule has 0 saturated heterocycles. The van der Waals surface area contributed by atoms with E-state index in [1.54, 1.807) is 19.4 Å². The summed E-state index contributed by atoms with van der Waals surface area (Å²) in [6.07, 6.45) is 2.28. The third-order valence-electron chi connectivity index (χ3n) is 4.05. The van der Waals surface area contributed by atoms with E-state index >= 15 is 0 Å². The molecule has 0 spiro atoms. The molecule has 22 heavy (non-hydrogen) atoms. The van der Waals surface area contributed by atoms with Gasteiger partial charge in [-0.15, -0.1) is 0 Å². The molecular formula is C19H24FNO. The number of aromatic nitrogens is 1. The highest BCUT2D eigenvalue weighted by Gasteiger charge is 2.23. The Morgan fingerprint density at radius 2 is 1.82 bits per heavy atom. The Bertz CT molecular complexity index is 632. The third kappa shape index (κ3) is 3.65. The molecular weight excluding hydrogens is 277 g/mol. The molecule has 0 atom stereocenters. The minimum atomic E-state index is -0.172. The normalized spacial score (nSPS) is 11.8. The van der Waals surface area contributed by atoms with Crippen LogP contribution in [0.3, 0.4) is 0 Å². The van der Waals surface area contributed by atoms with E-state index in [0.717, 1.165) is 17.0 Å². The summed E-state index contributed by atoms with van der Waals surface area (Å²) >= 11 is 0. The monoisotopic (exact) mass is 301 g/mol. The molecule has 2 nitrogen and oxygen atoms in total. The molecule has 0 aliphatic rings. The van der Waals surface area contributed by atoms with Crippen LogP contribution < -0.4 is 4.74 Å². The van der Waals surface area contributed by atoms with Gasteiger partial charge in [-0.05, 0) is 41.5 Å². The molecule has 0 saturated carbocycles. The smallest absolute Gasteiger partial charge is 0.129 e. The average Bonchev–Trinajstić information content (AvgIpc) is 2.49. The predicted molar refractivity (Wildman–Crippen MR) is 88.0 cm³/mol. The van der Waals surface area contributed by atoms with Crippen LogP contribution in [0.15, 0.2) is 36.5 Å². The summed E-state index contributed by atoms with van der Waals surface area (Å²) in [7, 11) is 1.65. The first-order valence-corrected chi connectivity index (χ1v) is 7.62. The van der Waals surface area contributed by atoms with Crippen LogP contribution in [-0.2, 0) is 11.8 Å². The molecule has 0 N–H and O–H groups in total. The van der Waals surface area contributed by atoms with Gasteiger partial charge in [0.15, 0.2) is 0 Å². The molecule has 3 heteroatoms. The van der Waals surface area contributed by atoms with E-state index in [4.69, 9.17) is 4.74 Å². The number of hydrogen-bond acceptors (Lipinski definition) is 2. The van der Waals surface area contributed by atoms with Gasteiger partial charge in [0.25, 0.3) is 0 Å². The fraction of sp³-hybridized carbons (Fsp3) is 0.421. The van der Waals surface area contributed by atoms with Gasteiger partial charge in [0.05, 0.1) is 7.11 Å². The van der Waals surface area contributed by atoms with E-state index in [1.165, 1.54) is 0 Å². The highest BCUT2D eigenvalue weighted by atomic mass is 19.1. The van der Waals surface area contributed by atoms with Crippen molar-refractivity contribution in [1.82, 2.24) is 4.98 Å². The molecule has 0 fully saturated rings. The molecule has 0 radical (unpaired) electrons. The van der Waals surface area contributed by atoms with Gasteiger partial charge in [0, 0.05) is 17.5 Å².